The Kier molecular flexibility index (Phi) is 9.95. The molecule has 6 nitrogen and oxygen atoms in total. The van der Waals surface area contributed by atoms with Crippen LogP contribution in [0.4, 0.5) is 0 Å². The van der Waals surface area contributed by atoms with Crippen LogP contribution in [0.5, 0.6) is 5.75 Å². The van der Waals surface area contributed by atoms with Gasteiger partial charge in [-0.15, -0.1) is 24.0 Å². The van der Waals surface area contributed by atoms with Crippen molar-refractivity contribution in [2.45, 2.75) is 59.5 Å². The Morgan fingerprint density at radius 3 is 2.34 bits per heavy atom. The van der Waals surface area contributed by atoms with Crippen molar-refractivity contribution in [2.24, 2.45) is 10.9 Å². The van der Waals surface area contributed by atoms with E-state index in [0.29, 0.717) is 24.3 Å². The van der Waals surface area contributed by atoms with E-state index in [0.717, 1.165) is 23.7 Å². The van der Waals surface area contributed by atoms with Gasteiger partial charge in [-0.2, -0.15) is 0 Å². The topological polar surface area (TPSA) is 71.7 Å². The minimum absolute atomic E-state index is 0. The maximum Gasteiger partial charge on any atom is 0.213 e. The number of nitrogens with one attached hydrogen (secondary N) is 2. The number of hydrogen-bond donors (Lipinski definition) is 2. The van der Waals surface area contributed by atoms with Gasteiger partial charge in [-0.3, -0.25) is 4.99 Å². The van der Waals surface area contributed by atoms with Crippen LogP contribution in [-0.2, 0) is 12.0 Å². The van der Waals surface area contributed by atoms with Gasteiger partial charge >= 0.3 is 0 Å². The Labute approximate surface area is 191 Å². The van der Waals surface area contributed by atoms with Gasteiger partial charge in [0.15, 0.2) is 5.96 Å². The third-order valence-electron chi connectivity index (χ3n) is 4.24. The number of halogens is 1. The van der Waals surface area contributed by atoms with Crippen LogP contribution in [0.25, 0.3) is 0 Å². The molecule has 29 heavy (non-hydrogen) atoms. The zero-order valence-electron chi connectivity index (χ0n) is 18.6. The molecule has 1 aromatic heterocycles. The minimum atomic E-state index is -0.0509. The van der Waals surface area contributed by atoms with Crippen molar-refractivity contribution in [2.75, 3.05) is 13.7 Å². The molecule has 0 amide bonds. The number of aliphatic imine (C=N–C) groups is 1. The van der Waals surface area contributed by atoms with Gasteiger partial charge in [-0.25, -0.2) is 4.98 Å². The summed E-state index contributed by atoms with van der Waals surface area (Å²) in [7, 11) is 1.75. The van der Waals surface area contributed by atoms with Gasteiger partial charge in [-0.1, -0.05) is 46.8 Å². The summed E-state index contributed by atoms with van der Waals surface area (Å²) in [6, 6.07) is 8.26. The van der Waals surface area contributed by atoms with E-state index in [4.69, 9.17) is 9.15 Å². The Morgan fingerprint density at radius 1 is 1.17 bits per heavy atom. The molecule has 0 fully saturated rings. The predicted octanol–water partition coefficient (Wildman–Crippen LogP) is 5.05. The van der Waals surface area contributed by atoms with Gasteiger partial charge in [0.2, 0.25) is 5.89 Å². The molecule has 0 aliphatic rings. The fraction of sp³-hybridized carbons (Fsp3) is 0.545. The molecule has 1 unspecified atom stereocenters. The summed E-state index contributed by atoms with van der Waals surface area (Å²) in [5.74, 6) is 3.62. The van der Waals surface area contributed by atoms with Crippen LogP contribution in [0.2, 0.25) is 0 Å². The lowest BCUT2D eigenvalue weighted by Crippen LogP contribution is -2.38. The van der Waals surface area contributed by atoms with Gasteiger partial charge in [0.1, 0.15) is 11.5 Å². The van der Waals surface area contributed by atoms with E-state index in [9.17, 15) is 0 Å². The Hall–Kier alpha value is -1.77. The molecule has 0 bridgehead atoms. The van der Waals surface area contributed by atoms with Crippen molar-refractivity contribution >= 4 is 29.9 Å². The van der Waals surface area contributed by atoms with Crippen molar-refractivity contribution in [3.05, 3.63) is 47.7 Å². The molecule has 0 saturated carbocycles. The standard InChI is InChI=1S/C22H34N4O2.HI/c1-15(2)14-27-18-10-8-17(9-11-18)16(3)26-21(23-7)25-13-20-24-12-19(28-20)22(4,5)6;/h8-12,15-16H,13-14H2,1-7H3,(H2,23,25,26);1H. The highest BCUT2D eigenvalue weighted by Crippen LogP contribution is 2.22. The second-order valence-electron chi connectivity index (χ2n) is 8.43. The molecule has 1 atom stereocenters. The molecular weight excluding hydrogens is 479 g/mol. The summed E-state index contributed by atoms with van der Waals surface area (Å²) >= 11 is 0. The van der Waals surface area contributed by atoms with Crippen LogP contribution < -0.4 is 15.4 Å². The average Bonchev–Trinajstić information content (AvgIpc) is 3.13. The van der Waals surface area contributed by atoms with Gasteiger partial charge in [0, 0.05) is 12.5 Å². The van der Waals surface area contributed by atoms with Gasteiger partial charge in [0.05, 0.1) is 25.4 Å². The molecule has 0 radical (unpaired) electrons. The predicted molar refractivity (Wildman–Crippen MR) is 129 cm³/mol. The number of hydrogen-bond acceptors (Lipinski definition) is 4. The first-order valence-corrected chi connectivity index (χ1v) is 9.84. The fourth-order valence-electron chi connectivity index (χ4n) is 2.50. The van der Waals surface area contributed by atoms with Gasteiger partial charge < -0.3 is 19.8 Å². The van der Waals surface area contributed by atoms with E-state index < -0.39 is 0 Å². The van der Waals surface area contributed by atoms with Crippen LogP contribution in [-0.4, -0.2) is 24.6 Å². The second kappa shape index (κ2) is 11.4. The second-order valence-corrected chi connectivity index (χ2v) is 8.43. The number of nitrogens with zero attached hydrogens (tertiary/aromatic N) is 2. The fourth-order valence-corrected chi connectivity index (χ4v) is 2.50. The van der Waals surface area contributed by atoms with E-state index in [1.54, 1.807) is 13.2 Å². The Balaban J connectivity index is 0.00000420. The van der Waals surface area contributed by atoms with E-state index in [2.05, 4.69) is 74.3 Å². The number of benzene rings is 1. The molecule has 2 rings (SSSR count). The molecule has 162 valence electrons. The van der Waals surface area contributed by atoms with Crippen LogP contribution >= 0.6 is 24.0 Å². The highest BCUT2D eigenvalue weighted by atomic mass is 127. The molecule has 7 heteroatoms. The molecule has 0 saturated heterocycles. The first-order chi connectivity index (χ1) is 13.2. The smallest absolute Gasteiger partial charge is 0.213 e. The van der Waals surface area contributed by atoms with Gasteiger partial charge in [-0.05, 0) is 30.5 Å². The highest BCUT2D eigenvalue weighted by Gasteiger charge is 2.19. The summed E-state index contributed by atoms with van der Waals surface area (Å²) in [6.45, 7) is 13.9. The molecule has 1 heterocycles. The van der Waals surface area contributed by atoms with Crippen LogP contribution in [0.3, 0.4) is 0 Å². The van der Waals surface area contributed by atoms with Crippen LogP contribution in [0, 0.1) is 5.92 Å². The zero-order chi connectivity index (χ0) is 20.7. The van der Waals surface area contributed by atoms with Crippen molar-refractivity contribution < 1.29 is 9.15 Å². The largest absolute Gasteiger partial charge is 0.493 e. The number of ether oxygens (including phenoxy) is 1. The van der Waals surface area contributed by atoms with Crippen molar-refractivity contribution in [3.8, 4) is 5.75 Å². The molecular formula is C22H35IN4O2. The Bertz CT molecular complexity index is 764. The quantitative estimate of drug-likeness (QED) is 0.308. The van der Waals surface area contributed by atoms with Crippen LogP contribution in [0.15, 0.2) is 39.9 Å². The molecule has 0 aliphatic heterocycles. The van der Waals surface area contributed by atoms with Crippen LogP contribution in [0.1, 0.15) is 64.8 Å². The molecule has 2 N–H and O–H groups in total. The van der Waals surface area contributed by atoms with E-state index in [1.165, 1.54) is 0 Å². The average molecular weight is 514 g/mol. The normalized spacial score (nSPS) is 13.0. The highest BCUT2D eigenvalue weighted by molar-refractivity contribution is 14.0. The number of oxazole rings is 1. The SMILES string of the molecule is CN=C(NCc1ncc(C(C)(C)C)o1)NC(C)c1ccc(OCC(C)C)cc1.I. The maximum atomic E-state index is 5.82. The van der Waals surface area contributed by atoms with E-state index >= 15 is 0 Å². The summed E-state index contributed by atoms with van der Waals surface area (Å²) < 4.78 is 11.6. The van der Waals surface area contributed by atoms with Crippen molar-refractivity contribution in [1.29, 1.82) is 0 Å². The summed E-state index contributed by atoms with van der Waals surface area (Å²) in [6.07, 6.45) is 1.79. The van der Waals surface area contributed by atoms with Crippen molar-refractivity contribution in [3.63, 3.8) is 0 Å². The van der Waals surface area contributed by atoms with E-state index in [1.807, 2.05) is 12.1 Å². The maximum absolute atomic E-state index is 5.82. The third kappa shape index (κ3) is 8.24. The van der Waals surface area contributed by atoms with Gasteiger partial charge in [0.25, 0.3) is 0 Å². The van der Waals surface area contributed by atoms with E-state index in [-0.39, 0.29) is 35.4 Å². The number of aromatic nitrogens is 1. The molecule has 0 spiro atoms. The molecule has 2 aromatic rings. The number of guanidine groups is 1. The number of rotatable bonds is 7. The van der Waals surface area contributed by atoms with Crippen molar-refractivity contribution in [1.82, 2.24) is 15.6 Å². The summed E-state index contributed by atoms with van der Waals surface area (Å²) in [5, 5.41) is 6.64. The molecule has 0 aliphatic carbocycles. The zero-order valence-corrected chi connectivity index (χ0v) is 20.9. The molecule has 1 aromatic carbocycles. The lowest BCUT2D eigenvalue weighted by atomic mass is 9.94. The monoisotopic (exact) mass is 514 g/mol. The summed E-state index contributed by atoms with van der Waals surface area (Å²) in [5.41, 5.74) is 1.11. The summed E-state index contributed by atoms with van der Waals surface area (Å²) in [4.78, 5) is 8.63. The third-order valence-corrected chi connectivity index (χ3v) is 4.24. The first kappa shape index (κ1) is 25.3. The lowest BCUT2D eigenvalue weighted by molar-refractivity contribution is 0.271. The first-order valence-electron chi connectivity index (χ1n) is 9.84. The minimum Gasteiger partial charge on any atom is -0.493 e. The Morgan fingerprint density at radius 2 is 1.83 bits per heavy atom. The lowest BCUT2D eigenvalue weighted by Gasteiger charge is -2.18.